The van der Waals surface area contributed by atoms with Crippen molar-refractivity contribution in [3.63, 3.8) is 0 Å². The largest absolute Gasteiger partial charge is 0.416 e. The number of aromatic nitrogens is 1. The van der Waals surface area contributed by atoms with Crippen molar-refractivity contribution >= 4 is 34.1 Å². The third kappa shape index (κ3) is 4.29. The van der Waals surface area contributed by atoms with E-state index in [0.717, 1.165) is 49.6 Å². The van der Waals surface area contributed by atoms with Gasteiger partial charge in [-0.2, -0.15) is 13.2 Å². The summed E-state index contributed by atoms with van der Waals surface area (Å²) in [6.07, 6.45) is 0.964. The van der Waals surface area contributed by atoms with E-state index in [1.807, 2.05) is 12.1 Å². The standard InChI is InChI=1S/C23H20ClF3N2O/c24-18-11-10-15(23(25,26)27)12-21(18)29-22(30)17-13-20(14-6-2-1-3-7-14)28-19-9-5-4-8-16(17)19/h4-5,8-14H,1-3,6-7H2,(H,29,30). The average Bonchev–Trinajstić information content (AvgIpc) is 2.74. The molecule has 1 aliphatic rings. The maximum atomic E-state index is 13.1. The fourth-order valence-electron chi connectivity index (χ4n) is 3.98. The maximum Gasteiger partial charge on any atom is 0.416 e. The van der Waals surface area contributed by atoms with Crippen LogP contribution >= 0.6 is 11.6 Å². The number of nitrogens with one attached hydrogen (secondary N) is 1. The molecular weight excluding hydrogens is 413 g/mol. The van der Waals surface area contributed by atoms with E-state index in [9.17, 15) is 18.0 Å². The van der Waals surface area contributed by atoms with Crippen LogP contribution in [0, 0.1) is 0 Å². The zero-order valence-corrected chi connectivity index (χ0v) is 16.9. The topological polar surface area (TPSA) is 42.0 Å². The van der Waals surface area contributed by atoms with Crippen molar-refractivity contribution in [2.45, 2.75) is 44.2 Å². The second-order valence-electron chi connectivity index (χ2n) is 7.59. The molecule has 3 aromatic rings. The fraction of sp³-hybridized carbons (Fsp3) is 0.304. The molecule has 1 heterocycles. The van der Waals surface area contributed by atoms with Crippen LogP contribution in [-0.4, -0.2) is 10.9 Å². The summed E-state index contributed by atoms with van der Waals surface area (Å²) in [5.41, 5.74) is 0.991. The summed E-state index contributed by atoms with van der Waals surface area (Å²) in [6.45, 7) is 0. The van der Waals surface area contributed by atoms with Gasteiger partial charge in [0.05, 0.1) is 27.4 Å². The minimum absolute atomic E-state index is 0.0437. The molecular formula is C23H20ClF3N2O. The summed E-state index contributed by atoms with van der Waals surface area (Å²) in [6, 6.07) is 11.9. The second-order valence-corrected chi connectivity index (χ2v) is 8.00. The Hall–Kier alpha value is -2.60. The van der Waals surface area contributed by atoms with Gasteiger partial charge in [-0.25, -0.2) is 0 Å². The van der Waals surface area contributed by atoms with Gasteiger partial charge in [-0.1, -0.05) is 49.1 Å². The van der Waals surface area contributed by atoms with E-state index < -0.39 is 17.6 Å². The van der Waals surface area contributed by atoms with E-state index in [1.165, 1.54) is 6.42 Å². The van der Waals surface area contributed by atoms with Crippen LogP contribution in [0.5, 0.6) is 0 Å². The van der Waals surface area contributed by atoms with Gasteiger partial charge in [0.15, 0.2) is 0 Å². The van der Waals surface area contributed by atoms with Crippen LogP contribution in [0.25, 0.3) is 10.9 Å². The highest BCUT2D eigenvalue weighted by Crippen LogP contribution is 2.36. The van der Waals surface area contributed by atoms with Gasteiger partial charge < -0.3 is 5.32 Å². The highest BCUT2D eigenvalue weighted by atomic mass is 35.5. The maximum absolute atomic E-state index is 13.1. The quantitative estimate of drug-likeness (QED) is 0.475. The Kier molecular flexibility index (Phi) is 5.69. The molecule has 1 saturated carbocycles. The van der Waals surface area contributed by atoms with Gasteiger partial charge in [-0.15, -0.1) is 0 Å². The van der Waals surface area contributed by atoms with Crippen LogP contribution in [0.3, 0.4) is 0 Å². The van der Waals surface area contributed by atoms with Gasteiger partial charge in [0.25, 0.3) is 5.91 Å². The molecule has 3 nitrogen and oxygen atoms in total. The number of fused-ring (bicyclic) bond motifs is 1. The van der Waals surface area contributed by atoms with Gasteiger partial charge >= 0.3 is 6.18 Å². The molecule has 0 bridgehead atoms. The summed E-state index contributed by atoms with van der Waals surface area (Å²) in [4.78, 5) is 17.9. The molecule has 1 aliphatic carbocycles. The van der Waals surface area contributed by atoms with Gasteiger partial charge in [0.2, 0.25) is 0 Å². The molecule has 0 radical (unpaired) electrons. The van der Waals surface area contributed by atoms with Crippen molar-refractivity contribution in [2.75, 3.05) is 5.32 Å². The number of amides is 1. The number of alkyl halides is 3. The molecule has 2 aromatic carbocycles. The number of carbonyl (C=O) groups is 1. The first-order valence-corrected chi connectivity index (χ1v) is 10.3. The molecule has 1 amide bonds. The minimum atomic E-state index is -4.53. The first-order chi connectivity index (χ1) is 14.3. The highest BCUT2D eigenvalue weighted by Gasteiger charge is 2.31. The summed E-state index contributed by atoms with van der Waals surface area (Å²) in [5.74, 6) is -0.223. The predicted octanol–water partition coefficient (Wildman–Crippen LogP) is 7.21. The van der Waals surface area contributed by atoms with Crippen LogP contribution in [0.15, 0.2) is 48.5 Å². The van der Waals surface area contributed by atoms with Crippen molar-refractivity contribution in [2.24, 2.45) is 0 Å². The Morgan fingerprint density at radius 3 is 2.50 bits per heavy atom. The van der Waals surface area contributed by atoms with Crippen molar-refractivity contribution in [1.29, 1.82) is 0 Å². The van der Waals surface area contributed by atoms with E-state index in [0.29, 0.717) is 16.5 Å². The molecule has 0 atom stereocenters. The number of nitrogens with zero attached hydrogens (tertiary/aromatic N) is 1. The molecule has 0 saturated heterocycles. The Labute approximate surface area is 177 Å². The van der Waals surface area contributed by atoms with Crippen molar-refractivity contribution in [1.82, 2.24) is 4.98 Å². The number of anilines is 1. The molecule has 1 fully saturated rings. The lowest BCUT2D eigenvalue weighted by molar-refractivity contribution is -0.137. The SMILES string of the molecule is O=C(Nc1cc(C(F)(F)F)ccc1Cl)c1cc(C2CCCCC2)nc2ccccc12. The van der Waals surface area contributed by atoms with Crippen LogP contribution in [0.4, 0.5) is 18.9 Å². The zero-order chi connectivity index (χ0) is 21.3. The minimum Gasteiger partial charge on any atom is -0.321 e. The summed E-state index contributed by atoms with van der Waals surface area (Å²) >= 11 is 6.05. The summed E-state index contributed by atoms with van der Waals surface area (Å²) < 4.78 is 39.2. The summed E-state index contributed by atoms with van der Waals surface area (Å²) in [7, 11) is 0. The molecule has 30 heavy (non-hydrogen) atoms. The smallest absolute Gasteiger partial charge is 0.321 e. The second kappa shape index (κ2) is 8.26. The number of pyridine rings is 1. The zero-order valence-electron chi connectivity index (χ0n) is 16.1. The molecule has 4 rings (SSSR count). The van der Waals surface area contributed by atoms with Crippen molar-refractivity contribution < 1.29 is 18.0 Å². The van der Waals surface area contributed by atoms with E-state index in [1.54, 1.807) is 18.2 Å². The molecule has 156 valence electrons. The average molecular weight is 433 g/mol. The monoisotopic (exact) mass is 432 g/mol. The molecule has 1 N–H and O–H groups in total. The number of rotatable bonds is 3. The molecule has 0 aliphatic heterocycles. The molecule has 7 heteroatoms. The number of hydrogen-bond donors (Lipinski definition) is 1. The normalized spacial score (nSPS) is 15.3. The number of benzene rings is 2. The predicted molar refractivity (Wildman–Crippen MR) is 112 cm³/mol. The lowest BCUT2D eigenvalue weighted by Crippen LogP contribution is -2.16. The molecule has 0 unspecified atom stereocenters. The third-order valence-corrected chi connectivity index (χ3v) is 5.88. The van der Waals surface area contributed by atoms with Crippen LogP contribution in [-0.2, 0) is 6.18 Å². The van der Waals surface area contributed by atoms with Gasteiger partial charge in [0.1, 0.15) is 0 Å². The molecule has 1 aromatic heterocycles. The number of halogens is 4. The third-order valence-electron chi connectivity index (χ3n) is 5.55. The Morgan fingerprint density at radius 1 is 1.03 bits per heavy atom. The summed E-state index contributed by atoms with van der Waals surface area (Å²) in [5, 5.41) is 3.26. The number of hydrogen-bond acceptors (Lipinski definition) is 2. The number of para-hydroxylation sites is 1. The van der Waals surface area contributed by atoms with Crippen LogP contribution < -0.4 is 5.32 Å². The number of carbonyl (C=O) groups excluding carboxylic acids is 1. The highest BCUT2D eigenvalue weighted by molar-refractivity contribution is 6.34. The van der Waals surface area contributed by atoms with Gasteiger partial charge in [0, 0.05) is 17.0 Å². The van der Waals surface area contributed by atoms with E-state index in [2.05, 4.69) is 5.32 Å². The van der Waals surface area contributed by atoms with Crippen LogP contribution in [0.1, 0.15) is 59.6 Å². The first kappa shape index (κ1) is 20.7. The van der Waals surface area contributed by atoms with Gasteiger partial charge in [-0.3, -0.25) is 9.78 Å². The van der Waals surface area contributed by atoms with E-state index >= 15 is 0 Å². The van der Waals surface area contributed by atoms with Crippen molar-refractivity contribution in [3.8, 4) is 0 Å². The Balaban J connectivity index is 1.73. The Morgan fingerprint density at radius 2 is 1.77 bits per heavy atom. The fourth-order valence-corrected chi connectivity index (χ4v) is 4.14. The Bertz CT molecular complexity index is 1090. The van der Waals surface area contributed by atoms with Crippen LogP contribution in [0.2, 0.25) is 5.02 Å². The van der Waals surface area contributed by atoms with E-state index in [4.69, 9.17) is 16.6 Å². The van der Waals surface area contributed by atoms with Gasteiger partial charge in [-0.05, 0) is 43.2 Å². The molecule has 0 spiro atoms. The lowest BCUT2D eigenvalue weighted by atomic mass is 9.86. The first-order valence-electron chi connectivity index (χ1n) is 9.91. The van der Waals surface area contributed by atoms with Crippen molar-refractivity contribution in [3.05, 3.63) is 70.4 Å². The lowest BCUT2D eigenvalue weighted by Gasteiger charge is -2.22. The van der Waals surface area contributed by atoms with E-state index in [-0.39, 0.29) is 16.6 Å².